The second-order valence-electron chi connectivity index (χ2n) is 4.25. The van der Waals surface area contributed by atoms with Crippen LogP contribution in [0.5, 0.6) is 0 Å². The van der Waals surface area contributed by atoms with Gasteiger partial charge in [0, 0.05) is 16.6 Å². The van der Waals surface area contributed by atoms with E-state index in [0.29, 0.717) is 11.3 Å². The number of amides is 2. The predicted molar refractivity (Wildman–Crippen MR) is 74.9 cm³/mol. The maximum absolute atomic E-state index is 12.1. The van der Waals surface area contributed by atoms with E-state index in [1.807, 2.05) is 0 Å². The number of nitrogens with zero attached hydrogens (tertiary/aromatic N) is 1. The molecular weight excluding hydrogens is 319 g/mol. The highest BCUT2D eigenvalue weighted by Gasteiger charge is 2.27. The predicted octanol–water partition coefficient (Wildman–Crippen LogP) is 2.69. The van der Waals surface area contributed by atoms with Crippen molar-refractivity contribution in [3.05, 3.63) is 47.0 Å². The number of aromatic nitrogens is 1. The average Bonchev–Trinajstić information content (AvgIpc) is 2.98. The Kier molecular flexibility index (Phi) is 4.76. The van der Waals surface area contributed by atoms with Crippen LogP contribution in [0.1, 0.15) is 20.7 Å². The van der Waals surface area contributed by atoms with Gasteiger partial charge in [-0.3, -0.25) is 9.59 Å². The third kappa shape index (κ3) is 4.55. The molecule has 9 heteroatoms. The molecule has 1 aromatic carbocycles. The van der Waals surface area contributed by atoms with Crippen LogP contribution in [0.15, 0.2) is 35.8 Å². The molecular formula is C13H10F3N3O2S. The molecule has 0 aliphatic rings. The van der Waals surface area contributed by atoms with E-state index in [1.165, 1.54) is 30.5 Å². The van der Waals surface area contributed by atoms with Gasteiger partial charge in [-0.1, -0.05) is 6.07 Å². The Morgan fingerprint density at radius 2 is 1.95 bits per heavy atom. The fraction of sp³-hybridized carbons (Fsp3) is 0.154. The molecule has 22 heavy (non-hydrogen) atoms. The lowest BCUT2D eigenvalue weighted by molar-refractivity contribution is -0.123. The molecule has 0 saturated heterocycles. The molecule has 0 saturated carbocycles. The quantitative estimate of drug-likeness (QED) is 0.906. The molecule has 2 aromatic rings. The molecule has 116 valence electrons. The molecule has 1 heterocycles. The normalized spacial score (nSPS) is 11.0. The summed E-state index contributed by atoms with van der Waals surface area (Å²) in [7, 11) is 0. The van der Waals surface area contributed by atoms with E-state index in [0.717, 1.165) is 11.5 Å². The van der Waals surface area contributed by atoms with Gasteiger partial charge in [-0.25, -0.2) is 4.37 Å². The van der Waals surface area contributed by atoms with E-state index in [1.54, 1.807) is 10.7 Å². The summed E-state index contributed by atoms with van der Waals surface area (Å²) in [6.45, 7) is -1.41. The molecule has 5 nitrogen and oxygen atoms in total. The van der Waals surface area contributed by atoms with E-state index >= 15 is 0 Å². The lowest BCUT2D eigenvalue weighted by Gasteiger charge is -2.09. The number of carbonyl (C=O) groups is 2. The minimum absolute atomic E-state index is 0.0190. The highest BCUT2D eigenvalue weighted by Crippen LogP contribution is 2.15. The highest BCUT2D eigenvalue weighted by molar-refractivity contribution is 7.03. The highest BCUT2D eigenvalue weighted by atomic mass is 32.1. The van der Waals surface area contributed by atoms with Crippen molar-refractivity contribution in [1.29, 1.82) is 0 Å². The maximum atomic E-state index is 12.1. The second-order valence-corrected chi connectivity index (χ2v) is 4.90. The number of benzene rings is 1. The smallest absolute Gasteiger partial charge is 0.343 e. The van der Waals surface area contributed by atoms with Crippen molar-refractivity contribution in [2.75, 3.05) is 11.9 Å². The number of hydrogen-bond donors (Lipinski definition) is 2. The zero-order chi connectivity index (χ0) is 16.2. The van der Waals surface area contributed by atoms with Crippen molar-refractivity contribution in [2.45, 2.75) is 6.18 Å². The van der Waals surface area contributed by atoms with Crippen molar-refractivity contribution in [3.63, 3.8) is 0 Å². The number of anilines is 1. The van der Waals surface area contributed by atoms with Crippen LogP contribution in [0, 0.1) is 0 Å². The van der Waals surface area contributed by atoms with E-state index in [-0.39, 0.29) is 5.56 Å². The Morgan fingerprint density at radius 3 is 2.59 bits per heavy atom. The molecule has 2 rings (SSSR count). The molecule has 0 spiro atoms. The average molecular weight is 329 g/mol. The van der Waals surface area contributed by atoms with Crippen LogP contribution in [0.3, 0.4) is 0 Å². The SMILES string of the molecule is O=C(NCC(F)(F)F)c1cccc(NC(=O)c2cnsc2)c1. The molecule has 1 aromatic heterocycles. The first-order chi connectivity index (χ1) is 10.3. The van der Waals surface area contributed by atoms with Gasteiger partial charge in [0.2, 0.25) is 0 Å². The Labute approximate surface area is 127 Å². The summed E-state index contributed by atoms with van der Waals surface area (Å²) in [4.78, 5) is 23.4. The van der Waals surface area contributed by atoms with Gasteiger partial charge >= 0.3 is 6.18 Å². The summed E-state index contributed by atoms with van der Waals surface area (Å²) in [6, 6.07) is 5.64. The zero-order valence-corrected chi connectivity index (χ0v) is 11.8. The van der Waals surface area contributed by atoms with Gasteiger partial charge < -0.3 is 10.6 Å². The van der Waals surface area contributed by atoms with Crippen molar-refractivity contribution < 1.29 is 22.8 Å². The van der Waals surface area contributed by atoms with Crippen LogP contribution in [-0.2, 0) is 0 Å². The van der Waals surface area contributed by atoms with Crippen LogP contribution in [0.25, 0.3) is 0 Å². The molecule has 2 N–H and O–H groups in total. The second kappa shape index (κ2) is 6.56. The van der Waals surface area contributed by atoms with Crippen LogP contribution in [0.4, 0.5) is 18.9 Å². The lowest BCUT2D eigenvalue weighted by Crippen LogP contribution is -2.33. The maximum Gasteiger partial charge on any atom is 0.405 e. The number of halogens is 3. The molecule has 0 radical (unpaired) electrons. The Bertz CT molecular complexity index is 671. The van der Waals surface area contributed by atoms with Crippen LogP contribution in [-0.4, -0.2) is 28.9 Å². The van der Waals surface area contributed by atoms with E-state index in [9.17, 15) is 22.8 Å². The Hall–Kier alpha value is -2.42. The third-order valence-corrected chi connectivity index (χ3v) is 3.11. The number of nitrogens with one attached hydrogen (secondary N) is 2. The van der Waals surface area contributed by atoms with Crippen LogP contribution < -0.4 is 10.6 Å². The van der Waals surface area contributed by atoms with Gasteiger partial charge in [-0.2, -0.15) is 13.2 Å². The van der Waals surface area contributed by atoms with E-state index < -0.39 is 24.5 Å². The minimum atomic E-state index is -4.48. The largest absolute Gasteiger partial charge is 0.405 e. The van der Waals surface area contributed by atoms with Crippen LogP contribution in [0.2, 0.25) is 0 Å². The molecule has 2 amide bonds. The summed E-state index contributed by atoms with van der Waals surface area (Å²) in [5.41, 5.74) is 0.679. The third-order valence-electron chi connectivity index (χ3n) is 2.53. The van der Waals surface area contributed by atoms with Gasteiger partial charge in [-0.05, 0) is 29.7 Å². The first kappa shape index (κ1) is 16.0. The minimum Gasteiger partial charge on any atom is -0.343 e. The lowest BCUT2D eigenvalue weighted by atomic mass is 10.2. The number of alkyl halides is 3. The topological polar surface area (TPSA) is 71.1 Å². The van der Waals surface area contributed by atoms with Crippen molar-refractivity contribution in [2.24, 2.45) is 0 Å². The summed E-state index contributed by atoms with van der Waals surface area (Å²) in [6.07, 6.45) is -3.09. The number of rotatable bonds is 4. The standard InChI is InChI=1S/C13H10F3N3O2S/c14-13(15,16)7-17-11(20)8-2-1-3-10(4-8)19-12(21)9-5-18-22-6-9/h1-6H,7H2,(H,17,20)(H,19,21). The molecule has 0 aliphatic carbocycles. The molecule has 0 aliphatic heterocycles. The Morgan fingerprint density at radius 1 is 1.18 bits per heavy atom. The van der Waals surface area contributed by atoms with Crippen molar-refractivity contribution in [3.8, 4) is 0 Å². The fourth-order valence-corrected chi connectivity index (χ4v) is 2.06. The molecule has 0 fully saturated rings. The molecule has 0 bridgehead atoms. The summed E-state index contributed by atoms with van der Waals surface area (Å²) in [5, 5.41) is 5.85. The summed E-state index contributed by atoms with van der Waals surface area (Å²) >= 11 is 1.11. The number of hydrogen-bond acceptors (Lipinski definition) is 4. The molecule has 0 unspecified atom stereocenters. The number of carbonyl (C=O) groups excluding carboxylic acids is 2. The first-order valence-electron chi connectivity index (χ1n) is 6.01. The van der Waals surface area contributed by atoms with Gasteiger partial charge in [0.25, 0.3) is 11.8 Å². The van der Waals surface area contributed by atoms with E-state index in [4.69, 9.17) is 0 Å². The zero-order valence-electron chi connectivity index (χ0n) is 11.0. The van der Waals surface area contributed by atoms with Gasteiger partial charge in [0.1, 0.15) is 6.54 Å². The summed E-state index contributed by atoms with van der Waals surface area (Å²) < 4.78 is 40.0. The Balaban J connectivity index is 2.03. The van der Waals surface area contributed by atoms with Gasteiger partial charge in [0.05, 0.1) is 11.8 Å². The monoisotopic (exact) mass is 329 g/mol. The molecule has 0 atom stereocenters. The van der Waals surface area contributed by atoms with Crippen molar-refractivity contribution in [1.82, 2.24) is 9.69 Å². The van der Waals surface area contributed by atoms with Gasteiger partial charge in [0.15, 0.2) is 0 Å². The first-order valence-corrected chi connectivity index (χ1v) is 6.84. The van der Waals surface area contributed by atoms with Crippen molar-refractivity contribution >= 4 is 29.0 Å². The van der Waals surface area contributed by atoms with Gasteiger partial charge in [-0.15, -0.1) is 0 Å². The van der Waals surface area contributed by atoms with Crippen LogP contribution >= 0.6 is 11.5 Å². The summed E-state index contributed by atoms with van der Waals surface area (Å²) in [5.74, 6) is -1.28. The van der Waals surface area contributed by atoms with E-state index in [2.05, 4.69) is 9.69 Å². The fourth-order valence-electron chi connectivity index (χ4n) is 1.54.